The van der Waals surface area contributed by atoms with Gasteiger partial charge in [-0.05, 0) is 74.0 Å². The van der Waals surface area contributed by atoms with Crippen molar-refractivity contribution in [2.75, 3.05) is 6.54 Å². The van der Waals surface area contributed by atoms with Crippen LogP contribution in [0.5, 0.6) is 0 Å². The van der Waals surface area contributed by atoms with E-state index in [1.807, 2.05) is 0 Å². The predicted octanol–water partition coefficient (Wildman–Crippen LogP) is 4.20. The summed E-state index contributed by atoms with van der Waals surface area (Å²) in [5, 5.41) is 9.84. The van der Waals surface area contributed by atoms with E-state index in [-0.39, 0.29) is 36.3 Å². The fourth-order valence-corrected chi connectivity index (χ4v) is 8.10. The minimum absolute atomic E-state index is 0.0718. The van der Waals surface area contributed by atoms with E-state index in [9.17, 15) is 4.79 Å². The zero-order chi connectivity index (χ0) is 22.6. The molecular weight excluding hydrogens is 398 g/mol. The number of carbonyl (C=O) groups is 1. The highest BCUT2D eigenvalue weighted by Gasteiger charge is 2.69. The molecule has 0 aromatic heterocycles. The van der Waals surface area contributed by atoms with Crippen molar-refractivity contribution in [1.29, 1.82) is 5.26 Å². The third kappa shape index (κ3) is 3.65. The number of nitrogens with zero attached hydrogens (tertiary/aromatic N) is 2. The highest BCUT2D eigenvalue weighted by Crippen LogP contribution is 2.69. The Morgan fingerprint density at radius 1 is 1.16 bits per heavy atom. The molecule has 0 aromatic rings. The smallest absolute Gasteiger partial charge is 0.254 e. The van der Waals surface area contributed by atoms with E-state index in [4.69, 9.17) is 16.8 Å². The van der Waals surface area contributed by atoms with Crippen LogP contribution >= 0.6 is 0 Å². The second-order valence-electron chi connectivity index (χ2n) is 11.0. The van der Waals surface area contributed by atoms with Crippen LogP contribution in [0.25, 0.3) is 0 Å². The number of rotatable bonds is 4. The maximum atomic E-state index is 15.9. The first-order valence-electron chi connectivity index (χ1n) is 11.9. The first-order valence-corrected chi connectivity index (χ1v) is 11.9. The molecule has 4 aliphatic rings. The highest BCUT2D eigenvalue weighted by atomic mass is 19.3. The topological polar surface area (TPSA) is 96.1 Å². The molecule has 0 aliphatic heterocycles. The molecule has 0 heterocycles. The summed E-state index contributed by atoms with van der Waals surface area (Å²) in [6, 6.07) is 1.75. The zero-order valence-electron chi connectivity index (χ0n) is 18.7. The molecule has 4 aliphatic carbocycles. The standard InChI is InChI=1S/C24H36F2N4O/c1-14-3-5-17-15(9-14)4-6-18-19(17)10-24(25,26)23(2)20(18)7-8-21(23)22(31)13-30(29)12-16(28)11-27/h12,14-15,17-21H,3-10,13,28-29H2,1-2H3/b16-12-. The maximum Gasteiger partial charge on any atom is 0.254 e. The molecule has 4 N–H and O–H groups in total. The normalized spacial score (nSPS) is 43.9. The van der Waals surface area contributed by atoms with Crippen molar-refractivity contribution in [3.63, 3.8) is 0 Å². The number of hydrazine groups is 1. The van der Waals surface area contributed by atoms with Crippen LogP contribution in [0.4, 0.5) is 8.78 Å². The molecule has 5 nitrogen and oxygen atoms in total. The molecule has 0 radical (unpaired) electrons. The lowest BCUT2D eigenvalue weighted by molar-refractivity contribution is -0.226. The van der Waals surface area contributed by atoms with E-state index in [0.717, 1.165) is 30.7 Å². The summed E-state index contributed by atoms with van der Waals surface area (Å²) >= 11 is 0. The van der Waals surface area contributed by atoms with Gasteiger partial charge in [0, 0.05) is 24.0 Å². The molecule has 7 heteroatoms. The molecule has 0 saturated heterocycles. The Bertz CT molecular complexity index is 793. The Balaban J connectivity index is 1.56. The van der Waals surface area contributed by atoms with Crippen molar-refractivity contribution in [2.45, 2.75) is 71.1 Å². The summed E-state index contributed by atoms with van der Waals surface area (Å²) in [4.78, 5) is 13.1. The lowest BCUT2D eigenvalue weighted by atomic mass is 9.48. The van der Waals surface area contributed by atoms with Gasteiger partial charge in [-0.2, -0.15) is 5.26 Å². The highest BCUT2D eigenvalue weighted by molar-refractivity contribution is 5.84. The molecule has 0 amide bonds. The van der Waals surface area contributed by atoms with E-state index in [1.165, 1.54) is 12.6 Å². The van der Waals surface area contributed by atoms with Gasteiger partial charge in [0.25, 0.3) is 5.92 Å². The first-order chi connectivity index (χ1) is 14.6. The van der Waals surface area contributed by atoms with E-state index in [1.54, 1.807) is 13.0 Å². The van der Waals surface area contributed by atoms with Crippen molar-refractivity contribution in [2.24, 2.45) is 58.4 Å². The summed E-state index contributed by atoms with van der Waals surface area (Å²) in [5.74, 6) is 4.00. The molecule has 0 spiro atoms. The maximum absolute atomic E-state index is 15.9. The molecule has 4 rings (SSSR count). The zero-order valence-corrected chi connectivity index (χ0v) is 18.7. The summed E-state index contributed by atoms with van der Waals surface area (Å²) in [6.45, 7) is 3.75. The summed E-state index contributed by atoms with van der Waals surface area (Å²) in [5.41, 5.74) is 4.03. The monoisotopic (exact) mass is 434 g/mol. The lowest BCUT2D eigenvalue weighted by Gasteiger charge is -2.58. The number of carbonyl (C=O) groups excluding carboxylic acids is 1. The van der Waals surface area contributed by atoms with Gasteiger partial charge in [0.2, 0.25) is 0 Å². The number of hydrogen-bond acceptors (Lipinski definition) is 5. The molecule has 4 fully saturated rings. The number of nitrogens with two attached hydrogens (primary N) is 2. The van der Waals surface area contributed by atoms with Gasteiger partial charge >= 0.3 is 0 Å². The third-order valence-electron chi connectivity index (χ3n) is 9.49. The second-order valence-corrected chi connectivity index (χ2v) is 11.0. The molecule has 4 saturated carbocycles. The van der Waals surface area contributed by atoms with Gasteiger partial charge in [-0.1, -0.05) is 20.3 Å². The Kier molecular flexibility index (Phi) is 5.83. The van der Waals surface area contributed by atoms with Gasteiger partial charge in [-0.3, -0.25) is 4.79 Å². The van der Waals surface area contributed by atoms with E-state index in [0.29, 0.717) is 36.5 Å². The van der Waals surface area contributed by atoms with E-state index in [2.05, 4.69) is 6.92 Å². The fourth-order valence-electron chi connectivity index (χ4n) is 8.10. The summed E-state index contributed by atoms with van der Waals surface area (Å²) < 4.78 is 31.8. The number of nitriles is 1. The Morgan fingerprint density at radius 3 is 2.58 bits per heavy atom. The van der Waals surface area contributed by atoms with Gasteiger partial charge in [0.1, 0.15) is 11.8 Å². The predicted molar refractivity (Wildman–Crippen MR) is 114 cm³/mol. The lowest BCUT2D eigenvalue weighted by Crippen LogP contribution is -2.59. The van der Waals surface area contributed by atoms with Gasteiger partial charge in [0.05, 0.1) is 6.54 Å². The van der Waals surface area contributed by atoms with Gasteiger partial charge in [0.15, 0.2) is 5.78 Å². The SMILES string of the molecule is CC1CCC2C(CCC3C2CC(F)(F)C2(C)C(C(=O)CN(N)/C=C(\N)C#N)CCC32)C1. The number of ketones is 1. The fraction of sp³-hybridized carbons (Fsp3) is 0.833. The first kappa shape index (κ1) is 22.5. The van der Waals surface area contributed by atoms with Gasteiger partial charge in [-0.15, -0.1) is 0 Å². The van der Waals surface area contributed by atoms with Crippen molar-refractivity contribution >= 4 is 5.78 Å². The molecular formula is C24H36F2N4O. The Hall–Kier alpha value is -1.68. The van der Waals surface area contributed by atoms with Crippen LogP contribution in [0.15, 0.2) is 11.9 Å². The van der Waals surface area contributed by atoms with Crippen LogP contribution < -0.4 is 11.6 Å². The second kappa shape index (κ2) is 8.03. The van der Waals surface area contributed by atoms with Crippen LogP contribution in [-0.2, 0) is 4.79 Å². The molecule has 8 unspecified atom stereocenters. The van der Waals surface area contributed by atoms with Crippen LogP contribution in [-0.4, -0.2) is 23.3 Å². The average molecular weight is 435 g/mol. The van der Waals surface area contributed by atoms with Crippen LogP contribution in [0.2, 0.25) is 0 Å². The molecule has 0 bridgehead atoms. The minimum atomic E-state index is -2.86. The number of hydrogen-bond donors (Lipinski definition) is 2. The van der Waals surface area contributed by atoms with E-state index < -0.39 is 17.3 Å². The van der Waals surface area contributed by atoms with Gasteiger partial charge in [-0.25, -0.2) is 14.6 Å². The van der Waals surface area contributed by atoms with Crippen molar-refractivity contribution < 1.29 is 13.6 Å². The summed E-state index contributed by atoms with van der Waals surface area (Å²) in [7, 11) is 0. The van der Waals surface area contributed by atoms with Crippen molar-refractivity contribution in [3.05, 3.63) is 11.9 Å². The largest absolute Gasteiger partial charge is 0.389 e. The molecule has 8 atom stereocenters. The molecule has 172 valence electrons. The quantitative estimate of drug-likeness (QED) is 0.393. The number of halogens is 2. The number of Topliss-reactive ketones (excluding diaryl/α,β-unsaturated/α-hetero) is 1. The minimum Gasteiger partial charge on any atom is -0.389 e. The molecule has 31 heavy (non-hydrogen) atoms. The number of allylic oxidation sites excluding steroid dienone is 1. The van der Waals surface area contributed by atoms with Gasteiger partial charge < -0.3 is 10.7 Å². The third-order valence-corrected chi connectivity index (χ3v) is 9.49. The van der Waals surface area contributed by atoms with Crippen molar-refractivity contribution in [1.82, 2.24) is 5.01 Å². The van der Waals surface area contributed by atoms with Crippen molar-refractivity contribution in [3.8, 4) is 6.07 Å². The Labute approximate surface area is 184 Å². The number of fused-ring (bicyclic) bond motifs is 5. The average Bonchev–Trinajstić information content (AvgIpc) is 3.06. The van der Waals surface area contributed by atoms with Crippen LogP contribution in [0.3, 0.4) is 0 Å². The van der Waals surface area contributed by atoms with Crippen LogP contribution in [0.1, 0.15) is 65.2 Å². The molecule has 0 aromatic carbocycles. The van der Waals surface area contributed by atoms with Crippen LogP contribution in [0, 0.1) is 58.2 Å². The van der Waals surface area contributed by atoms with E-state index >= 15 is 8.78 Å². The summed E-state index contributed by atoms with van der Waals surface area (Å²) in [6.07, 6.45) is 7.92. The Morgan fingerprint density at radius 2 is 1.87 bits per heavy atom. The number of alkyl halides is 2.